The molecule has 1 aliphatic carbocycles. The molecule has 0 radical (unpaired) electrons. The predicted octanol–water partition coefficient (Wildman–Crippen LogP) is 3.59. The molecule has 1 aromatic carbocycles. The molecule has 18 heavy (non-hydrogen) atoms. The van der Waals surface area contributed by atoms with Gasteiger partial charge in [0.05, 0.1) is 0 Å². The van der Waals surface area contributed by atoms with E-state index < -0.39 is 0 Å². The van der Waals surface area contributed by atoms with Crippen LogP contribution in [0.25, 0.3) is 0 Å². The van der Waals surface area contributed by atoms with E-state index in [-0.39, 0.29) is 0 Å². The summed E-state index contributed by atoms with van der Waals surface area (Å²) < 4.78 is 0. The molecule has 1 unspecified atom stereocenters. The monoisotopic (exact) mass is 246 g/mol. The molecule has 1 N–H and O–H groups in total. The third kappa shape index (κ3) is 3.26. The minimum absolute atomic E-state index is 0.538. The summed E-state index contributed by atoms with van der Waals surface area (Å²) in [5.74, 6) is 0.947. The molecular weight excluding hydrogens is 220 g/mol. The van der Waals surface area contributed by atoms with Crippen LogP contribution in [0.1, 0.15) is 44.2 Å². The van der Waals surface area contributed by atoms with Crippen LogP contribution in [0.5, 0.6) is 0 Å². The summed E-state index contributed by atoms with van der Waals surface area (Å²) in [7, 11) is 4.18. The molecule has 2 heteroatoms. The third-order valence-electron chi connectivity index (χ3n) is 4.06. The lowest BCUT2D eigenvalue weighted by molar-refractivity contribution is 0.262. The lowest BCUT2D eigenvalue weighted by Crippen LogP contribution is -2.25. The highest BCUT2D eigenvalue weighted by Crippen LogP contribution is 2.35. The van der Waals surface area contributed by atoms with E-state index in [1.807, 2.05) is 0 Å². The van der Waals surface area contributed by atoms with E-state index in [0.29, 0.717) is 6.04 Å². The maximum atomic E-state index is 3.63. The molecule has 1 saturated carbocycles. The number of benzene rings is 1. The van der Waals surface area contributed by atoms with Gasteiger partial charge in [0.2, 0.25) is 0 Å². The predicted molar refractivity (Wildman–Crippen MR) is 79.1 cm³/mol. The van der Waals surface area contributed by atoms with Gasteiger partial charge in [0.15, 0.2) is 0 Å². The van der Waals surface area contributed by atoms with E-state index in [1.165, 1.54) is 36.9 Å². The van der Waals surface area contributed by atoms with Crippen LogP contribution in [0.2, 0.25) is 0 Å². The second-order valence-electron chi connectivity index (χ2n) is 5.63. The van der Waals surface area contributed by atoms with Crippen LogP contribution in [0, 0.1) is 5.92 Å². The second kappa shape index (κ2) is 6.24. The van der Waals surface area contributed by atoms with Crippen molar-refractivity contribution in [2.24, 2.45) is 5.92 Å². The zero-order chi connectivity index (χ0) is 13.0. The minimum atomic E-state index is 0.538. The fourth-order valence-electron chi connectivity index (χ4n) is 2.65. The quantitative estimate of drug-likeness (QED) is 0.825. The Kier molecular flexibility index (Phi) is 4.65. The van der Waals surface area contributed by atoms with E-state index >= 15 is 0 Å². The molecule has 0 heterocycles. The summed E-state index contributed by atoms with van der Waals surface area (Å²) in [6, 6.07) is 9.54. The van der Waals surface area contributed by atoms with Crippen molar-refractivity contribution < 1.29 is 0 Å². The van der Waals surface area contributed by atoms with Gasteiger partial charge in [0.25, 0.3) is 0 Å². The van der Waals surface area contributed by atoms with E-state index in [4.69, 9.17) is 0 Å². The second-order valence-corrected chi connectivity index (χ2v) is 5.63. The smallest absolute Gasteiger partial charge is 0.0361 e. The number of nitrogens with zero attached hydrogens (tertiary/aromatic N) is 1. The lowest BCUT2D eigenvalue weighted by atomic mass is 9.79. The molecule has 2 rings (SSSR count). The van der Waals surface area contributed by atoms with E-state index in [0.717, 1.165) is 12.5 Å². The Morgan fingerprint density at radius 3 is 2.33 bits per heavy atom. The highest BCUT2D eigenvalue weighted by molar-refractivity contribution is 5.46. The zero-order valence-electron chi connectivity index (χ0n) is 11.9. The fourth-order valence-corrected chi connectivity index (χ4v) is 2.65. The molecule has 1 atom stereocenters. The average Bonchev–Trinajstić information content (AvgIpc) is 2.32. The van der Waals surface area contributed by atoms with Crippen LogP contribution in [-0.4, -0.2) is 20.6 Å². The summed E-state index contributed by atoms with van der Waals surface area (Å²) in [6.45, 7) is 3.24. The third-order valence-corrected chi connectivity index (χ3v) is 4.06. The van der Waals surface area contributed by atoms with Crippen molar-refractivity contribution >= 4 is 5.69 Å². The van der Waals surface area contributed by atoms with Gasteiger partial charge in [0.1, 0.15) is 0 Å². The Labute approximate surface area is 111 Å². The van der Waals surface area contributed by atoms with Crippen molar-refractivity contribution in [3.8, 4) is 0 Å². The summed E-state index contributed by atoms with van der Waals surface area (Å²) in [6.07, 6.45) is 5.59. The summed E-state index contributed by atoms with van der Waals surface area (Å²) in [4.78, 5) is 2.15. The standard InChI is InChI=1S/C16H26N2/c1-4-17-16(12-13-6-5-7-13)14-8-10-15(11-9-14)18(2)3/h8-11,13,16-17H,4-7,12H2,1-3H3. The minimum Gasteiger partial charge on any atom is -0.378 e. The SMILES string of the molecule is CCNC(CC1CCC1)c1ccc(N(C)C)cc1. The van der Waals surface area contributed by atoms with E-state index in [9.17, 15) is 0 Å². The van der Waals surface area contributed by atoms with E-state index in [1.54, 1.807) is 0 Å². The normalized spacial score (nSPS) is 17.3. The first-order chi connectivity index (χ1) is 8.70. The van der Waals surface area contributed by atoms with Gasteiger partial charge in [-0.15, -0.1) is 0 Å². The summed E-state index contributed by atoms with van der Waals surface area (Å²) in [5, 5.41) is 3.63. The van der Waals surface area contributed by atoms with Crippen LogP contribution in [0.4, 0.5) is 5.69 Å². The first-order valence-corrected chi connectivity index (χ1v) is 7.21. The van der Waals surface area contributed by atoms with Gasteiger partial charge in [-0.05, 0) is 36.6 Å². The van der Waals surface area contributed by atoms with Crippen molar-refractivity contribution in [2.45, 2.75) is 38.6 Å². The van der Waals surface area contributed by atoms with Gasteiger partial charge in [-0.3, -0.25) is 0 Å². The molecule has 0 saturated heterocycles. The van der Waals surface area contributed by atoms with Crippen molar-refractivity contribution in [1.82, 2.24) is 5.32 Å². The van der Waals surface area contributed by atoms with Gasteiger partial charge in [-0.1, -0.05) is 38.3 Å². The van der Waals surface area contributed by atoms with E-state index in [2.05, 4.69) is 55.5 Å². The largest absolute Gasteiger partial charge is 0.378 e. The summed E-state index contributed by atoms with van der Waals surface area (Å²) in [5.41, 5.74) is 2.71. The van der Waals surface area contributed by atoms with Gasteiger partial charge in [-0.25, -0.2) is 0 Å². The van der Waals surface area contributed by atoms with Crippen molar-refractivity contribution in [1.29, 1.82) is 0 Å². The molecule has 2 nitrogen and oxygen atoms in total. The molecule has 0 aromatic heterocycles. The maximum Gasteiger partial charge on any atom is 0.0361 e. The Bertz CT molecular complexity index is 352. The van der Waals surface area contributed by atoms with Gasteiger partial charge >= 0.3 is 0 Å². The molecule has 1 aromatic rings. The number of hydrogen-bond donors (Lipinski definition) is 1. The molecule has 1 fully saturated rings. The van der Waals surface area contributed by atoms with Crippen LogP contribution in [-0.2, 0) is 0 Å². The molecule has 1 aliphatic rings. The van der Waals surface area contributed by atoms with Crippen molar-refractivity contribution in [2.75, 3.05) is 25.5 Å². The number of hydrogen-bond acceptors (Lipinski definition) is 2. The maximum absolute atomic E-state index is 3.63. The van der Waals surface area contributed by atoms with Gasteiger partial charge in [0, 0.05) is 25.8 Å². The zero-order valence-corrected chi connectivity index (χ0v) is 11.9. The molecule has 0 spiro atoms. The molecular formula is C16H26N2. The average molecular weight is 246 g/mol. The van der Waals surface area contributed by atoms with Crippen LogP contribution in [0.15, 0.2) is 24.3 Å². The van der Waals surface area contributed by atoms with Crippen LogP contribution in [0.3, 0.4) is 0 Å². The Hall–Kier alpha value is -1.02. The van der Waals surface area contributed by atoms with Crippen LogP contribution < -0.4 is 10.2 Å². The first kappa shape index (κ1) is 13.4. The van der Waals surface area contributed by atoms with Gasteiger partial charge < -0.3 is 10.2 Å². The highest BCUT2D eigenvalue weighted by Gasteiger charge is 2.22. The number of nitrogens with one attached hydrogen (secondary N) is 1. The van der Waals surface area contributed by atoms with Crippen LogP contribution >= 0.6 is 0 Å². The number of anilines is 1. The topological polar surface area (TPSA) is 15.3 Å². The molecule has 0 aliphatic heterocycles. The first-order valence-electron chi connectivity index (χ1n) is 7.21. The molecule has 100 valence electrons. The molecule has 0 bridgehead atoms. The molecule has 0 amide bonds. The Morgan fingerprint density at radius 2 is 1.89 bits per heavy atom. The van der Waals surface area contributed by atoms with Crippen molar-refractivity contribution in [3.05, 3.63) is 29.8 Å². The van der Waals surface area contributed by atoms with Crippen molar-refractivity contribution in [3.63, 3.8) is 0 Å². The number of rotatable bonds is 6. The Morgan fingerprint density at radius 1 is 1.22 bits per heavy atom. The summed E-state index contributed by atoms with van der Waals surface area (Å²) >= 11 is 0. The lowest BCUT2D eigenvalue weighted by Gasteiger charge is -2.30. The fraction of sp³-hybridized carbons (Fsp3) is 0.625. The highest BCUT2D eigenvalue weighted by atomic mass is 15.1. The van der Waals surface area contributed by atoms with Gasteiger partial charge in [-0.2, -0.15) is 0 Å². The Balaban J connectivity index is 2.03.